The summed E-state index contributed by atoms with van der Waals surface area (Å²) in [7, 11) is 0. The van der Waals surface area contributed by atoms with Gasteiger partial charge in [0.1, 0.15) is 0 Å². The van der Waals surface area contributed by atoms with Crippen LogP contribution >= 0.6 is 0 Å². The topological polar surface area (TPSA) is 29.1 Å². The van der Waals surface area contributed by atoms with Crippen molar-refractivity contribution in [2.45, 2.75) is 25.9 Å². The maximum absolute atomic E-state index is 11.5. The Labute approximate surface area is 78.0 Å². The number of carbonyl (C=O) groups excluding carboxylic acids is 1. The molecule has 1 aliphatic heterocycles. The first-order valence-electron chi connectivity index (χ1n) is 4.67. The van der Waals surface area contributed by atoms with Crippen LogP contribution in [0.3, 0.4) is 0 Å². The van der Waals surface area contributed by atoms with Crippen LogP contribution in [0, 0.1) is 0 Å². The van der Waals surface area contributed by atoms with Crippen LogP contribution < -0.4 is 5.32 Å². The molecule has 2 heteroatoms. The second-order valence-corrected chi connectivity index (χ2v) is 3.33. The summed E-state index contributed by atoms with van der Waals surface area (Å²) >= 11 is 0. The van der Waals surface area contributed by atoms with Crippen molar-refractivity contribution in [3.05, 3.63) is 35.4 Å². The predicted molar refractivity (Wildman–Crippen MR) is 51.3 cm³/mol. The third-order valence-corrected chi connectivity index (χ3v) is 2.53. The van der Waals surface area contributed by atoms with E-state index in [1.54, 1.807) is 0 Å². The molecule has 1 aliphatic rings. The molecule has 0 spiro atoms. The van der Waals surface area contributed by atoms with Gasteiger partial charge in [-0.2, -0.15) is 0 Å². The minimum absolute atomic E-state index is 0.0544. The van der Waals surface area contributed by atoms with E-state index in [4.69, 9.17) is 0 Å². The normalized spacial score (nSPS) is 19.9. The fraction of sp³-hybridized carbons (Fsp3) is 0.364. The second kappa shape index (κ2) is 3.30. The number of fused-ring (bicyclic) bond motifs is 1. The van der Waals surface area contributed by atoms with E-state index in [1.165, 1.54) is 5.56 Å². The van der Waals surface area contributed by atoms with Crippen LogP contribution in [0.15, 0.2) is 24.3 Å². The Balaban J connectivity index is 2.33. The molecule has 0 saturated heterocycles. The van der Waals surface area contributed by atoms with Crippen LogP contribution in [0.4, 0.5) is 0 Å². The molecule has 68 valence electrons. The lowest BCUT2D eigenvalue weighted by atomic mass is 10.0. The van der Waals surface area contributed by atoms with Crippen molar-refractivity contribution in [1.82, 2.24) is 5.32 Å². The fourth-order valence-electron chi connectivity index (χ4n) is 1.79. The molecule has 2 rings (SSSR count). The van der Waals surface area contributed by atoms with E-state index in [9.17, 15) is 4.79 Å². The van der Waals surface area contributed by atoms with Gasteiger partial charge in [0.15, 0.2) is 5.78 Å². The van der Waals surface area contributed by atoms with Crippen molar-refractivity contribution in [2.75, 3.05) is 0 Å². The Bertz CT molecular complexity index is 333. The van der Waals surface area contributed by atoms with Crippen LogP contribution in [-0.4, -0.2) is 5.78 Å². The quantitative estimate of drug-likeness (QED) is 0.742. The first-order valence-corrected chi connectivity index (χ1v) is 4.67. The zero-order valence-electron chi connectivity index (χ0n) is 7.71. The molecule has 0 radical (unpaired) electrons. The molecular formula is C11H13NO. The fourth-order valence-corrected chi connectivity index (χ4v) is 1.79. The number of Topliss-reactive ketones (excluding diaryl/α,β-unsaturated/α-hetero) is 1. The average Bonchev–Trinajstić information content (AvgIpc) is 2.60. The SMILES string of the molecule is CCC(=O)C1NCc2ccccc21. The summed E-state index contributed by atoms with van der Waals surface area (Å²) in [6.45, 7) is 2.73. The summed E-state index contributed by atoms with van der Waals surface area (Å²) in [5.74, 6) is 0.282. The van der Waals surface area contributed by atoms with Gasteiger partial charge in [0.2, 0.25) is 0 Å². The smallest absolute Gasteiger partial charge is 0.154 e. The van der Waals surface area contributed by atoms with Gasteiger partial charge in [-0.25, -0.2) is 0 Å². The first kappa shape index (κ1) is 8.45. The lowest BCUT2D eigenvalue weighted by Gasteiger charge is -2.08. The summed E-state index contributed by atoms with van der Waals surface area (Å²) in [4.78, 5) is 11.5. The van der Waals surface area contributed by atoms with Crippen LogP contribution in [0.25, 0.3) is 0 Å². The number of rotatable bonds is 2. The molecule has 1 atom stereocenters. The van der Waals surface area contributed by atoms with Crippen LogP contribution in [-0.2, 0) is 11.3 Å². The largest absolute Gasteiger partial charge is 0.300 e. The zero-order valence-corrected chi connectivity index (χ0v) is 7.71. The van der Waals surface area contributed by atoms with Gasteiger partial charge in [0.05, 0.1) is 6.04 Å². The molecule has 1 aromatic rings. The average molecular weight is 175 g/mol. The summed E-state index contributed by atoms with van der Waals surface area (Å²) in [6, 6.07) is 8.06. The Morgan fingerprint density at radius 1 is 1.54 bits per heavy atom. The number of hydrogen-bond acceptors (Lipinski definition) is 2. The van der Waals surface area contributed by atoms with E-state index in [2.05, 4.69) is 11.4 Å². The van der Waals surface area contributed by atoms with E-state index >= 15 is 0 Å². The summed E-state index contributed by atoms with van der Waals surface area (Å²) in [6.07, 6.45) is 0.603. The van der Waals surface area contributed by atoms with Crippen LogP contribution in [0.2, 0.25) is 0 Å². The van der Waals surface area contributed by atoms with E-state index in [-0.39, 0.29) is 11.8 Å². The molecule has 1 heterocycles. The number of nitrogens with one attached hydrogen (secondary N) is 1. The molecular weight excluding hydrogens is 162 g/mol. The van der Waals surface area contributed by atoms with E-state index in [1.807, 2.05) is 25.1 Å². The van der Waals surface area contributed by atoms with E-state index < -0.39 is 0 Å². The molecule has 0 fully saturated rings. The maximum Gasteiger partial charge on any atom is 0.154 e. The Morgan fingerprint density at radius 3 is 3.08 bits per heavy atom. The van der Waals surface area contributed by atoms with Gasteiger partial charge in [-0.15, -0.1) is 0 Å². The van der Waals surface area contributed by atoms with Gasteiger partial charge in [-0.1, -0.05) is 31.2 Å². The van der Waals surface area contributed by atoms with Crippen molar-refractivity contribution in [2.24, 2.45) is 0 Å². The monoisotopic (exact) mass is 175 g/mol. The van der Waals surface area contributed by atoms with E-state index in [0.29, 0.717) is 6.42 Å². The predicted octanol–water partition coefficient (Wildman–Crippen LogP) is 1.81. The molecule has 1 N–H and O–H groups in total. The number of benzene rings is 1. The number of carbonyl (C=O) groups is 1. The van der Waals surface area contributed by atoms with Crippen molar-refractivity contribution < 1.29 is 4.79 Å². The van der Waals surface area contributed by atoms with E-state index in [0.717, 1.165) is 12.1 Å². The molecule has 0 saturated carbocycles. The van der Waals surface area contributed by atoms with Gasteiger partial charge in [0.25, 0.3) is 0 Å². The Kier molecular flexibility index (Phi) is 2.15. The molecule has 2 nitrogen and oxygen atoms in total. The molecule has 13 heavy (non-hydrogen) atoms. The molecule has 0 aliphatic carbocycles. The highest BCUT2D eigenvalue weighted by Crippen LogP contribution is 2.25. The number of hydrogen-bond donors (Lipinski definition) is 1. The molecule has 0 amide bonds. The van der Waals surface area contributed by atoms with Gasteiger partial charge in [-0.3, -0.25) is 10.1 Å². The third kappa shape index (κ3) is 1.38. The molecule has 0 aromatic heterocycles. The third-order valence-electron chi connectivity index (χ3n) is 2.53. The second-order valence-electron chi connectivity index (χ2n) is 3.33. The van der Waals surface area contributed by atoms with Crippen LogP contribution in [0.5, 0.6) is 0 Å². The highest BCUT2D eigenvalue weighted by atomic mass is 16.1. The molecule has 0 bridgehead atoms. The summed E-state index contributed by atoms with van der Waals surface area (Å²) in [5.41, 5.74) is 2.42. The summed E-state index contributed by atoms with van der Waals surface area (Å²) < 4.78 is 0. The van der Waals surface area contributed by atoms with Crippen molar-refractivity contribution in [3.8, 4) is 0 Å². The van der Waals surface area contributed by atoms with Gasteiger partial charge in [0, 0.05) is 13.0 Å². The van der Waals surface area contributed by atoms with Gasteiger partial charge < -0.3 is 0 Å². The lowest BCUT2D eigenvalue weighted by molar-refractivity contribution is -0.120. The van der Waals surface area contributed by atoms with Crippen molar-refractivity contribution in [1.29, 1.82) is 0 Å². The number of ketones is 1. The zero-order chi connectivity index (χ0) is 9.26. The minimum atomic E-state index is -0.0544. The Morgan fingerprint density at radius 2 is 2.31 bits per heavy atom. The molecule has 1 aromatic carbocycles. The highest BCUT2D eigenvalue weighted by Gasteiger charge is 2.25. The highest BCUT2D eigenvalue weighted by molar-refractivity contribution is 5.86. The van der Waals surface area contributed by atoms with Crippen molar-refractivity contribution in [3.63, 3.8) is 0 Å². The van der Waals surface area contributed by atoms with Crippen LogP contribution in [0.1, 0.15) is 30.5 Å². The minimum Gasteiger partial charge on any atom is -0.300 e. The molecule has 1 unspecified atom stereocenters. The van der Waals surface area contributed by atoms with Gasteiger partial charge >= 0.3 is 0 Å². The standard InChI is InChI=1S/C11H13NO/c1-2-10(13)11-9-6-4-3-5-8(9)7-12-11/h3-6,11-12H,2,7H2,1H3. The van der Waals surface area contributed by atoms with Gasteiger partial charge in [-0.05, 0) is 11.1 Å². The maximum atomic E-state index is 11.5. The lowest BCUT2D eigenvalue weighted by Crippen LogP contribution is -2.20. The Hall–Kier alpha value is -1.15. The first-order chi connectivity index (χ1) is 6.33. The van der Waals surface area contributed by atoms with Crippen molar-refractivity contribution >= 4 is 5.78 Å². The summed E-state index contributed by atoms with van der Waals surface area (Å²) in [5, 5.41) is 3.22.